The van der Waals surface area contributed by atoms with Gasteiger partial charge in [0.05, 0.1) is 11.5 Å². The number of hydrogen-bond donors (Lipinski definition) is 1. The van der Waals surface area contributed by atoms with E-state index in [9.17, 15) is 14.9 Å². The van der Waals surface area contributed by atoms with E-state index in [0.717, 1.165) is 5.56 Å². The number of nitro benzene ring substituents is 1. The molecule has 0 unspecified atom stereocenters. The van der Waals surface area contributed by atoms with E-state index >= 15 is 0 Å². The number of non-ortho nitro benzene ring substituents is 1. The maximum Gasteiger partial charge on any atom is 0.275 e. The van der Waals surface area contributed by atoms with Crippen LogP contribution in [-0.4, -0.2) is 10.8 Å². The molecule has 0 heterocycles. The standard InChI is InChI=1S/C15H14N2O4/c1-11-9-13(17(19)20)7-8-14(11)15(18)16-21-10-12-5-3-2-4-6-12/h2-9H,10H2,1H3,(H,16,18). The van der Waals surface area contributed by atoms with Gasteiger partial charge in [-0.2, -0.15) is 0 Å². The predicted molar refractivity (Wildman–Crippen MR) is 76.5 cm³/mol. The van der Waals surface area contributed by atoms with Crippen molar-refractivity contribution in [3.8, 4) is 0 Å². The van der Waals surface area contributed by atoms with Gasteiger partial charge in [0.15, 0.2) is 0 Å². The first-order valence-corrected chi connectivity index (χ1v) is 6.29. The van der Waals surface area contributed by atoms with Crippen LogP contribution in [0.4, 0.5) is 5.69 Å². The molecule has 2 aromatic carbocycles. The highest BCUT2D eigenvalue weighted by atomic mass is 16.7. The fraction of sp³-hybridized carbons (Fsp3) is 0.133. The fourth-order valence-corrected chi connectivity index (χ4v) is 1.83. The van der Waals surface area contributed by atoms with Gasteiger partial charge in [-0.05, 0) is 24.1 Å². The molecule has 1 N–H and O–H groups in total. The summed E-state index contributed by atoms with van der Waals surface area (Å²) in [6.07, 6.45) is 0. The molecule has 0 atom stereocenters. The van der Waals surface area contributed by atoms with Gasteiger partial charge in [0.1, 0.15) is 0 Å². The Bertz CT molecular complexity index is 656. The van der Waals surface area contributed by atoms with Gasteiger partial charge < -0.3 is 0 Å². The molecule has 21 heavy (non-hydrogen) atoms. The molecule has 0 aliphatic rings. The summed E-state index contributed by atoms with van der Waals surface area (Å²) in [6.45, 7) is 1.89. The number of carbonyl (C=O) groups excluding carboxylic acids is 1. The van der Waals surface area contributed by atoms with Crippen LogP contribution in [-0.2, 0) is 11.4 Å². The van der Waals surface area contributed by atoms with Crippen molar-refractivity contribution in [2.24, 2.45) is 0 Å². The number of carbonyl (C=O) groups is 1. The molecule has 0 bridgehead atoms. The van der Waals surface area contributed by atoms with Crippen LogP contribution in [0, 0.1) is 17.0 Å². The second-order valence-corrected chi connectivity index (χ2v) is 4.46. The van der Waals surface area contributed by atoms with Crippen LogP contribution in [0.1, 0.15) is 21.5 Å². The molecule has 0 saturated carbocycles. The number of nitro groups is 1. The summed E-state index contributed by atoms with van der Waals surface area (Å²) in [5, 5.41) is 10.6. The summed E-state index contributed by atoms with van der Waals surface area (Å²) >= 11 is 0. The largest absolute Gasteiger partial charge is 0.275 e. The average molecular weight is 286 g/mol. The van der Waals surface area contributed by atoms with E-state index < -0.39 is 10.8 Å². The third-order valence-corrected chi connectivity index (χ3v) is 2.91. The number of amides is 1. The Morgan fingerprint density at radius 1 is 1.24 bits per heavy atom. The second-order valence-electron chi connectivity index (χ2n) is 4.46. The van der Waals surface area contributed by atoms with Crippen LogP contribution in [0.3, 0.4) is 0 Å². The summed E-state index contributed by atoms with van der Waals surface area (Å²) in [5.74, 6) is -0.432. The van der Waals surface area contributed by atoms with Gasteiger partial charge in [-0.1, -0.05) is 30.3 Å². The lowest BCUT2D eigenvalue weighted by Gasteiger charge is -2.08. The van der Waals surface area contributed by atoms with E-state index in [1.54, 1.807) is 6.92 Å². The smallest absolute Gasteiger partial charge is 0.269 e. The summed E-state index contributed by atoms with van der Waals surface area (Å²) in [4.78, 5) is 27.2. The second kappa shape index (κ2) is 6.62. The zero-order chi connectivity index (χ0) is 15.2. The highest BCUT2D eigenvalue weighted by molar-refractivity contribution is 5.95. The van der Waals surface area contributed by atoms with Crippen LogP contribution in [0.15, 0.2) is 48.5 Å². The molecule has 0 saturated heterocycles. The van der Waals surface area contributed by atoms with Crippen molar-refractivity contribution in [3.63, 3.8) is 0 Å². The molecular weight excluding hydrogens is 272 g/mol. The molecule has 0 fully saturated rings. The van der Waals surface area contributed by atoms with Gasteiger partial charge in [0.2, 0.25) is 0 Å². The highest BCUT2D eigenvalue weighted by Gasteiger charge is 2.13. The SMILES string of the molecule is Cc1cc([N+](=O)[O-])ccc1C(=O)NOCc1ccccc1. The van der Waals surface area contributed by atoms with E-state index in [0.29, 0.717) is 11.1 Å². The van der Waals surface area contributed by atoms with Crippen molar-refractivity contribution < 1.29 is 14.6 Å². The molecule has 2 aromatic rings. The molecule has 0 aliphatic heterocycles. The number of hydrogen-bond acceptors (Lipinski definition) is 4. The van der Waals surface area contributed by atoms with E-state index in [1.807, 2.05) is 30.3 Å². The minimum absolute atomic E-state index is 0.0470. The molecule has 6 heteroatoms. The monoisotopic (exact) mass is 286 g/mol. The van der Waals surface area contributed by atoms with Gasteiger partial charge in [0, 0.05) is 17.7 Å². The molecule has 1 amide bonds. The molecule has 0 aliphatic carbocycles. The fourth-order valence-electron chi connectivity index (χ4n) is 1.83. The van der Waals surface area contributed by atoms with Crippen LogP contribution < -0.4 is 5.48 Å². The normalized spacial score (nSPS) is 10.1. The zero-order valence-electron chi connectivity index (χ0n) is 11.4. The van der Waals surface area contributed by atoms with Gasteiger partial charge in [0.25, 0.3) is 11.6 Å². The van der Waals surface area contributed by atoms with Crippen LogP contribution in [0.25, 0.3) is 0 Å². The third-order valence-electron chi connectivity index (χ3n) is 2.91. The zero-order valence-corrected chi connectivity index (χ0v) is 11.4. The van der Waals surface area contributed by atoms with E-state index in [-0.39, 0.29) is 12.3 Å². The Kier molecular flexibility index (Phi) is 4.63. The van der Waals surface area contributed by atoms with Crippen LogP contribution in [0.2, 0.25) is 0 Å². The van der Waals surface area contributed by atoms with Crippen molar-refractivity contribution in [1.82, 2.24) is 5.48 Å². The minimum atomic E-state index is -0.499. The number of hydroxylamine groups is 1. The summed E-state index contributed by atoms with van der Waals surface area (Å²) < 4.78 is 0. The maximum atomic E-state index is 11.9. The van der Waals surface area contributed by atoms with Gasteiger partial charge in [-0.3, -0.25) is 19.7 Å². The number of benzene rings is 2. The van der Waals surface area contributed by atoms with Crippen molar-refractivity contribution in [1.29, 1.82) is 0 Å². The van der Waals surface area contributed by atoms with Crippen molar-refractivity contribution >= 4 is 11.6 Å². The molecule has 6 nitrogen and oxygen atoms in total. The lowest BCUT2D eigenvalue weighted by atomic mass is 10.1. The topological polar surface area (TPSA) is 81.5 Å². The Morgan fingerprint density at radius 2 is 1.95 bits per heavy atom. The molecule has 0 aromatic heterocycles. The summed E-state index contributed by atoms with van der Waals surface area (Å²) in [7, 11) is 0. The van der Waals surface area contributed by atoms with E-state index in [2.05, 4.69) is 5.48 Å². The van der Waals surface area contributed by atoms with E-state index in [4.69, 9.17) is 4.84 Å². The van der Waals surface area contributed by atoms with Crippen molar-refractivity contribution in [2.75, 3.05) is 0 Å². The predicted octanol–water partition coefficient (Wildman–Crippen LogP) is 2.76. The first-order valence-electron chi connectivity index (χ1n) is 6.29. The first-order chi connectivity index (χ1) is 10.1. The molecule has 0 spiro atoms. The van der Waals surface area contributed by atoms with Crippen molar-refractivity contribution in [2.45, 2.75) is 13.5 Å². The Hall–Kier alpha value is -2.73. The summed E-state index contributed by atoms with van der Waals surface area (Å²) in [5.41, 5.74) is 4.07. The van der Waals surface area contributed by atoms with Gasteiger partial charge in [-0.25, -0.2) is 5.48 Å². The average Bonchev–Trinajstić information content (AvgIpc) is 2.48. The summed E-state index contributed by atoms with van der Waals surface area (Å²) in [6, 6.07) is 13.5. The van der Waals surface area contributed by atoms with Crippen molar-refractivity contribution in [3.05, 3.63) is 75.3 Å². The molecule has 0 radical (unpaired) electrons. The lowest BCUT2D eigenvalue weighted by molar-refractivity contribution is -0.384. The first kappa shape index (κ1) is 14.7. The minimum Gasteiger partial charge on any atom is -0.269 e. The highest BCUT2D eigenvalue weighted by Crippen LogP contribution is 2.17. The maximum absolute atomic E-state index is 11.9. The van der Waals surface area contributed by atoms with Crippen LogP contribution in [0.5, 0.6) is 0 Å². The Labute approximate surface area is 121 Å². The molecule has 108 valence electrons. The Balaban J connectivity index is 1.96. The number of rotatable bonds is 5. The number of aryl methyl sites for hydroxylation is 1. The number of nitrogens with zero attached hydrogens (tertiary/aromatic N) is 1. The number of nitrogens with one attached hydrogen (secondary N) is 1. The molecule has 2 rings (SSSR count). The lowest BCUT2D eigenvalue weighted by Crippen LogP contribution is -2.24. The van der Waals surface area contributed by atoms with Gasteiger partial charge >= 0.3 is 0 Å². The van der Waals surface area contributed by atoms with Gasteiger partial charge in [-0.15, -0.1) is 0 Å². The molecular formula is C15H14N2O4. The Morgan fingerprint density at radius 3 is 2.57 bits per heavy atom. The van der Waals surface area contributed by atoms with E-state index in [1.165, 1.54) is 18.2 Å². The third kappa shape index (κ3) is 3.87. The van der Waals surface area contributed by atoms with Crippen LogP contribution >= 0.6 is 0 Å². The quantitative estimate of drug-likeness (QED) is 0.677.